The molecule has 1 fully saturated rings. The third-order valence-corrected chi connectivity index (χ3v) is 2.71. The van der Waals surface area contributed by atoms with E-state index in [1.165, 1.54) is 6.07 Å². The monoisotopic (exact) mass is 208 g/mol. The van der Waals surface area contributed by atoms with Crippen molar-refractivity contribution in [3.05, 3.63) is 29.6 Å². The van der Waals surface area contributed by atoms with E-state index < -0.39 is 0 Å². The third kappa shape index (κ3) is 2.09. The second-order valence-electron chi connectivity index (χ2n) is 3.82. The Morgan fingerprint density at radius 3 is 2.93 bits per heavy atom. The molecule has 0 aliphatic carbocycles. The summed E-state index contributed by atoms with van der Waals surface area (Å²) in [5.74, 6) is -0.337. The Labute approximate surface area is 87.5 Å². The predicted molar refractivity (Wildman–Crippen MR) is 55.8 cm³/mol. The van der Waals surface area contributed by atoms with Crippen LogP contribution in [0.25, 0.3) is 0 Å². The highest BCUT2D eigenvalue weighted by Crippen LogP contribution is 2.28. The van der Waals surface area contributed by atoms with Crippen molar-refractivity contribution >= 4 is 11.6 Å². The number of hydrogen-bond donors (Lipinski definition) is 2. The van der Waals surface area contributed by atoms with Gasteiger partial charge in [0.05, 0.1) is 0 Å². The van der Waals surface area contributed by atoms with Gasteiger partial charge in [-0.2, -0.15) is 0 Å². The molecule has 1 atom stereocenters. The maximum absolute atomic E-state index is 13.6. The van der Waals surface area contributed by atoms with Crippen molar-refractivity contribution in [3.8, 4) is 0 Å². The number of rotatable bonds is 1. The van der Waals surface area contributed by atoms with Gasteiger partial charge in [-0.05, 0) is 30.0 Å². The van der Waals surface area contributed by atoms with Crippen molar-refractivity contribution < 1.29 is 9.18 Å². The van der Waals surface area contributed by atoms with E-state index in [1.807, 2.05) is 0 Å². The number of halogens is 1. The molecule has 2 rings (SSSR count). The van der Waals surface area contributed by atoms with Crippen LogP contribution < -0.4 is 11.1 Å². The molecular formula is C11H13FN2O. The second kappa shape index (κ2) is 3.88. The van der Waals surface area contributed by atoms with Gasteiger partial charge >= 0.3 is 0 Å². The van der Waals surface area contributed by atoms with Crippen LogP contribution in [0.3, 0.4) is 0 Å². The Morgan fingerprint density at radius 1 is 1.47 bits per heavy atom. The zero-order valence-corrected chi connectivity index (χ0v) is 8.29. The fraction of sp³-hybridized carbons (Fsp3) is 0.364. The average molecular weight is 208 g/mol. The molecule has 1 aromatic rings. The summed E-state index contributed by atoms with van der Waals surface area (Å²) in [5.41, 5.74) is 6.47. The number of nitrogens with two attached hydrogens (primary N) is 1. The fourth-order valence-corrected chi connectivity index (χ4v) is 1.92. The van der Waals surface area contributed by atoms with Crippen LogP contribution in [0.15, 0.2) is 18.2 Å². The number of carbonyl (C=O) groups excluding carboxylic acids is 1. The van der Waals surface area contributed by atoms with Gasteiger partial charge in [-0.15, -0.1) is 0 Å². The maximum Gasteiger partial charge on any atom is 0.220 e. The quantitative estimate of drug-likeness (QED) is 0.685. The molecule has 1 saturated heterocycles. The number of nitrogen functional groups attached to an aromatic ring is 1. The van der Waals surface area contributed by atoms with Crippen LogP contribution in [0.4, 0.5) is 10.1 Å². The predicted octanol–water partition coefficient (Wildman–Crippen LogP) is 1.40. The lowest BCUT2D eigenvalue weighted by molar-refractivity contribution is -0.122. The first kappa shape index (κ1) is 9.96. The van der Waals surface area contributed by atoms with E-state index in [4.69, 9.17) is 5.73 Å². The molecule has 3 N–H and O–H groups in total. The second-order valence-corrected chi connectivity index (χ2v) is 3.82. The Balaban J connectivity index is 2.24. The number of carbonyl (C=O) groups is 1. The molecule has 3 nitrogen and oxygen atoms in total. The van der Waals surface area contributed by atoms with Gasteiger partial charge in [0.25, 0.3) is 0 Å². The Bertz CT molecular complexity index is 392. The lowest BCUT2D eigenvalue weighted by Crippen LogP contribution is -2.32. The molecule has 1 amide bonds. The fourth-order valence-electron chi connectivity index (χ4n) is 1.92. The number of amides is 1. The minimum Gasteiger partial charge on any atom is -0.399 e. The zero-order chi connectivity index (χ0) is 10.8. The van der Waals surface area contributed by atoms with Crippen molar-refractivity contribution in [2.24, 2.45) is 0 Å². The van der Waals surface area contributed by atoms with Crippen molar-refractivity contribution in [2.75, 3.05) is 12.3 Å². The molecule has 0 saturated carbocycles. The highest BCUT2D eigenvalue weighted by atomic mass is 19.1. The molecular weight excluding hydrogens is 195 g/mol. The summed E-state index contributed by atoms with van der Waals surface area (Å²) in [7, 11) is 0. The lowest BCUT2D eigenvalue weighted by Gasteiger charge is -2.22. The molecule has 0 radical (unpaired) electrons. The van der Waals surface area contributed by atoms with Gasteiger partial charge in [0.2, 0.25) is 5.91 Å². The molecule has 1 aromatic carbocycles. The van der Waals surface area contributed by atoms with E-state index in [9.17, 15) is 9.18 Å². The maximum atomic E-state index is 13.6. The van der Waals surface area contributed by atoms with E-state index in [2.05, 4.69) is 5.32 Å². The van der Waals surface area contributed by atoms with Crippen LogP contribution in [-0.2, 0) is 4.79 Å². The molecule has 1 aliphatic heterocycles. The molecule has 0 aromatic heterocycles. The minimum atomic E-state index is -0.310. The SMILES string of the molecule is Nc1ccc([C@@H]2CCNC(=O)C2)c(F)c1. The number of anilines is 1. The largest absolute Gasteiger partial charge is 0.399 e. The lowest BCUT2D eigenvalue weighted by atomic mass is 9.89. The van der Waals surface area contributed by atoms with Crippen LogP contribution >= 0.6 is 0 Å². The normalized spacial score (nSPS) is 21.1. The number of benzene rings is 1. The molecule has 0 bridgehead atoms. The average Bonchev–Trinajstić information content (AvgIpc) is 2.17. The van der Waals surface area contributed by atoms with Crippen molar-refractivity contribution in [1.29, 1.82) is 0 Å². The third-order valence-electron chi connectivity index (χ3n) is 2.71. The van der Waals surface area contributed by atoms with Gasteiger partial charge in [-0.3, -0.25) is 4.79 Å². The summed E-state index contributed by atoms with van der Waals surface area (Å²) in [6.45, 7) is 0.618. The van der Waals surface area contributed by atoms with Crippen molar-refractivity contribution in [1.82, 2.24) is 5.32 Å². The van der Waals surface area contributed by atoms with Crippen LogP contribution in [-0.4, -0.2) is 12.5 Å². The number of nitrogens with one attached hydrogen (secondary N) is 1. The molecule has 1 aliphatic rings. The van der Waals surface area contributed by atoms with E-state index >= 15 is 0 Å². The molecule has 4 heteroatoms. The Hall–Kier alpha value is -1.58. The number of piperidine rings is 1. The van der Waals surface area contributed by atoms with Crippen molar-refractivity contribution in [2.45, 2.75) is 18.8 Å². The van der Waals surface area contributed by atoms with Gasteiger partial charge in [0.15, 0.2) is 0 Å². The molecule has 80 valence electrons. The molecule has 0 spiro atoms. The topological polar surface area (TPSA) is 55.1 Å². The van der Waals surface area contributed by atoms with Gasteiger partial charge < -0.3 is 11.1 Å². The van der Waals surface area contributed by atoms with Crippen molar-refractivity contribution in [3.63, 3.8) is 0 Å². The van der Waals surface area contributed by atoms with Gasteiger partial charge in [-0.25, -0.2) is 4.39 Å². The molecule has 0 unspecified atom stereocenters. The van der Waals surface area contributed by atoms with E-state index in [0.29, 0.717) is 24.2 Å². The first-order chi connectivity index (χ1) is 7.16. The first-order valence-corrected chi connectivity index (χ1v) is 4.98. The summed E-state index contributed by atoms with van der Waals surface area (Å²) < 4.78 is 13.6. The standard InChI is InChI=1S/C11H13FN2O/c12-10-6-8(13)1-2-9(10)7-3-4-14-11(15)5-7/h1-2,6-7H,3-5,13H2,(H,14,15)/t7-/m1/s1. The van der Waals surface area contributed by atoms with E-state index in [1.54, 1.807) is 12.1 Å². The van der Waals surface area contributed by atoms with Crippen LogP contribution in [0, 0.1) is 5.82 Å². The minimum absolute atomic E-state index is 0.0116. The van der Waals surface area contributed by atoms with Crippen LogP contribution in [0.5, 0.6) is 0 Å². The van der Waals surface area contributed by atoms with Crippen LogP contribution in [0.1, 0.15) is 24.3 Å². The summed E-state index contributed by atoms with van der Waals surface area (Å²) in [4.78, 5) is 11.2. The summed E-state index contributed by atoms with van der Waals surface area (Å²) in [5, 5.41) is 2.73. The Morgan fingerprint density at radius 2 is 2.27 bits per heavy atom. The summed E-state index contributed by atoms with van der Waals surface area (Å²) >= 11 is 0. The molecule has 1 heterocycles. The van der Waals surface area contributed by atoms with E-state index in [-0.39, 0.29) is 17.6 Å². The molecule has 15 heavy (non-hydrogen) atoms. The zero-order valence-electron chi connectivity index (χ0n) is 8.29. The van der Waals surface area contributed by atoms with Crippen LogP contribution in [0.2, 0.25) is 0 Å². The van der Waals surface area contributed by atoms with Gasteiger partial charge in [0, 0.05) is 18.7 Å². The van der Waals surface area contributed by atoms with Gasteiger partial charge in [0.1, 0.15) is 5.82 Å². The highest BCUT2D eigenvalue weighted by molar-refractivity contribution is 5.77. The van der Waals surface area contributed by atoms with E-state index in [0.717, 1.165) is 6.42 Å². The van der Waals surface area contributed by atoms with Gasteiger partial charge in [-0.1, -0.05) is 6.07 Å². The summed E-state index contributed by atoms with van der Waals surface area (Å²) in [6.07, 6.45) is 1.15. The Kier molecular flexibility index (Phi) is 2.58. The first-order valence-electron chi connectivity index (χ1n) is 4.98. The smallest absolute Gasteiger partial charge is 0.220 e. The summed E-state index contributed by atoms with van der Waals surface area (Å²) in [6, 6.07) is 4.65. The number of hydrogen-bond acceptors (Lipinski definition) is 2. The highest BCUT2D eigenvalue weighted by Gasteiger charge is 2.22.